The monoisotopic (exact) mass is 233 g/mol. The van der Waals surface area contributed by atoms with Crippen molar-refractivity contribution in [3.63, 3.8) is 0 Å². The van der Waals surface area contributed by atoms with E-state index < -0.39 is 0 Å². The molecule has 1 heterocycles. The van der Waals surface area contributed by atoms with E-state index in [9.17, 15) is 0 Å². The predicted octanol–water partition coefficient (Wildman–Crippen LogP) is 4.85. The Bertz CT molecular complexity index is 422. The van der Waals surface area contributed by atoms with E-state index in [0.29, 0.717) is 0 Å². The molecule has 1 nitrogen and oxygen atoms in total. The van der Waals surface area contributed by atoms with E-state index in [0.717, 1.165) is 17.1 Å². The molecule has 0 spiro atoms. The number of allylic oxidation sites excluding steroid dienone is 4. The maximum atomic E-state index is 4.54. The van der Waals surface area contributed by atoms with E-state index in [1.807, 2.05) is 19.1 Å². The van der Waals surface area contributed by atoms with E-state index >= 15 is 0 Å². The molecule has 0 aliphatic heterocycles. The molecule has 0 amide bonds. The van der Waals surface area contributed by atoms with Crippen molar-refractivity contribution in [1.82, 2.24) is 4.98 Å². The molecule has 2 heteroatoms. The van der Waals surface area contributed by atoms with Crippen LogP contribution in [-0.4, -0.2) is 4.98 Å². The van der Waals surface area contributed by atoms with Gasteiger partial charge in [0.2, 0.25) is 0 Å². The topological polar surface area (TPSA) is 12.9 Å². The van der Waals surface area contributed by atoms with Crippen molar-refractivity contribution in [2.45, 2.75) is 34.1 Å². The zero-order chi connectivity index (χ0) is 12.0. The van der Waals surface area contributed by atoms with Crippen molar-refractivity contribution in [2.24, 2.45) is 0 Å². The van der Waals surface area contributed by atoms with Crippen LogP contribution < -0.4 is 0 Å². The van der Waals surface area contributed by atoms with Gasteiger partial charge in [0.05, 0.1) is 5.69 Å². The average molecular weight is 233 g/mol. The lowest BCUT2D eigenvalue weighted by Gasteiger charge is -1.89. The van der Waals surface area contributed by atoms with Crippen molar-refractivity contribution < 1.29 is 0 Å². The summed E-state index contributed by atoms with van der Waals surface area (Å²) in [7, 11) is 0. The molecule has 0 aliphatic rings. The Balaban J connectivity index is 2.81. The van der Waals surface area contributed by atoms with Crippen LogP contribution in [0.2, 0.25) is 0 Å². The summed E-state index contributed by atoms with van der Waals surface area (Å²) in [6.07, 6.45) is 11.5. The molecule has 0 saturated heterocycles. The van der Waals surface area contributed by atoms with E-state index in [4.69, 9.17) is 0 Å². The van der Waals surface area contributed by atoms with Crippen molar-refractivity contribution in [3.05, 3.63) is 39.4 Å². The third kappa shape index (κ3) is 3.78. The zero-order valence-corrected chi connectivity index (χ0v) is 11.3. The first kappa shape index (κ1) is 12.9. The number of nitrogens with zero attached hydrogens (tertiary/aromatic N) is 1. The van der Waals surface area contributed by atoms with Crippen LogP contribution in [0.5, 0.6) is 0 Å². The minimum atomic E-state index is 1.08. The highest BCUT2D eigenvalue weighted by atomic mass is 32.1. The number of hydrogen-bond donors (Lipinski definition) is 0. The van der Waals surface area contributed by atoms with Crippen LogP contribution in [0.4, 0.5) is 0 Å². The molecular formula is C14H19NS. The Morgan fingerprint density at radius 1 is 1.38 bits per heavy atom. The number of aryl methyl sites for hydroxylation is 1. The largest absolute Gasteiger partial charge is 0.237 e. The van der Waals surface area contributed by atoms with E-state index in [-0.39, 0.29) is 0 Å². The van der Waals surface area contributed by atoms with Crippen molar-refractivity contribution in [2.75, 3.05) is 0 Å². The second-order valence-electron chi connectivity index (χ2n) is 3.72. The third-order valence-electron chi connectivity index (χ3n) is 2.35. The molecule has 0 atom stereocenters. The first-order valence-corrected chi connectivity index (χ1v) is 6.43. The lowest BCUT2D eigenvalue weighted by Crippen LogP contribution is -1.75. The molecule has 0 saturated carbocycles. The minimum Gasteiger partial charge on any atom is -0.237 e. The van der Waals surface area contributed by atoms with E-state index in [1.54, 1.807) is 11.3 Å². The number of thiazole rings is 1. The molecule has 0 fully saturated rings. The van der Waals surface area contributed by atoms with Gasteiger partial charge in [-0.3, -0.25) is 0 Å². The first-order valence-electron chi connectivity index (χ1n) is 5.61. The summed E-state index contributed by atoms with van der Waals surface area (Å²) >= 11 is 1.73. The summed E-state index contributed by atoms with van der Waals surface area (Å²) in [4.78, 5) is 5.81. The first-order chi connectivity index (χ1) is 7.67. The molecule has 0 bridgehead atoms. The zero-order valence-electron chi connectivity index (χ0n) is 10.4. The lowest BCUT2D eigenvalue weighted by molar-refractivity contribution is 1.10. The Labute approximate surface area is 102 Å². The quantitative estimate of drug-likeness (QED) is 0.677. The van der Waals surface area contributed by atoms with Crippen LogP contribution in [0, 0.1) is 6.92 Å². The molecular weight excluding hydrogens is 214 g/mol. The van der Waals surface area contributed by atoms with Gasteiger partial charge in [0.15, 0.2) is 0 Å². The van der Waals surface area contributed by atoms with Gasteiger partial charge in [-0.25, -0.2) is 4.98 Å². The Kier molecular flexibility index (Phi) is 5.20. The summed E-state index contributed by atoms with van der Waals surface area (Å²) in [5, 5.41) is 1.08. The van der Waals surface area contributed by atoms with E-state index in [2.05, 4.69) is 44.0 Å². The normalized spacial score (nSPS) is 13.1. The second-order valence-corrected chi connectivity index (χ2v) is 4.95. The highest BCUT2D eigenvalue weighted by Gasteiger charge is 2.01. The Hall–Kier alpha value is -1.15. The van der Waals surface area contributed by atoms with Crippen LogP contribution in [0.15, 0.2) is 23.8 Å². The number of aromatic nitrogens is 1. The molecule has 16 heavy (non-hydrogen) atoms. The van der Waals surface area contributed by atoms with Crippen molar-refractivity contribution in [1.29, 1.82) is 0 Å². The molecule has 1 aromatic rings. The maximum Gasteiger partial charge on any atom is 0.116 e. The molecule has 0 N–H and O–H groups in total. The van der Waals surface area contributed by atoms with Crippen LogP contribution in [0.1, 0.15) is 42.8 Å². The SMILES string of the molecule is C/C=C/c1nc(/C=C\C=C(/C)CC)c(C)s1. The highest BCUT2D eigenvalue weighted by Crippen LogP contribution is 2.19. The molecule has 0 aromatic carbocycles. The van der Waals surface area contributed by atoms with Crippen molar-refractivity contribution in [3.8, 4) is 0 Å². The van der Waals surface area contributed by atoms with Gasteiger partial charge < -0.3 is 0 Å². The van der Waals surface area contributed by atoms with Crippen LogP contribution >= 0.6 is 11.3 Å². The summed E-state index contributed by atoms with van der Waals surface area (Å²) in [5.41, 5.74) is 2.47. The third-order valence-corrected chi connectivity index (χ3v) is 3.30. The summed E-state index contributed by atoms with van der Waals surface area (Å²) in [6, 6.07) is 0. The van der Waals surface area contributed by atoms with Gasteiger partial charge in [-0.1, -0.05) is 30.7 Å². The molecule has 0 unspecified atom stereocenters. The summed E-state index contributed by atoms with van der Waals surface area (Å²) < 4.78 is 0. The van der Waals surface area contributed by atoms with Gasteiger partial charge in [0, 0.05) is 4.88 Å². The Morgan fingerprint density at radius 2 is 2.12 bits per heavy atom. The highest BCUT2D eigenvalue weighted by molar-refractivity contribution is 7.12. The standard InChI is InChI=1S/C14H19NS/c1-5-8-14-15-13(12(4)16-14)10-7-9-11(3)6-2/h5,7-10H,6H2,1-4H3/b8-5+,10-7-,11-9+. The average Bonchev–Trinajstić information content (AvgIpc) is 2.60. The maximum absolute atomic E-state index is 4.54. The Morgan fingerprint density at radius 3 is 2.75 bits per heavy atom. The smallest absolute Gasteiger partial charge is 0.116 e. The molecule has 86 valence electrons. The lowest BCUT2D eigenvalue weighted by atomic mass is 10.2. The molecule has 0 aliphatic carbocycles. The molecule has 1 aromatic heterocycles. The minimum absolute atomic E-state index is 1.08. The van der Waals surface area contributed by atoms with E-state index in [1.165, 1.54) is 10.5 Å². The van der Waals surface area contributed by atoms with Gasteiger partial charge in [0.1, 0.15) is 5.01 Å². The van der Waals surface area contributed by atoms with Crippen molar-refractivity contribution >= 4 is 23.5 Å². The van der Waals surface area contributed by atoms with Crippen LogP contribution in [-0.2, 0) is 0 Å². The fourth-order valence-corrected chi connectivity index (χ4v) is 2.10. The molecule has 0 radical (unpaired) electrons. The fraction of sp³-hybridized carbons (Fsp3) is 0.357. The van der Waals surface area contributed by atoms with Gasteiger partial charge in [-0.15, -0.1) is 11.3 Å². The predicted molar refractivity (Wildman–Crippen MR) is 74.6 cm³/mol. The van der Waals surface area contributed by atoms with Crippen LogP contribution in [0.25, 0.3) is 12.2 Å². The summed E-state index contributed by atoms with van der Waals surface area (Å²) in [6.45, 7) is 8.43. The number of hydrogen-bond acceptors (Lipinski definition) is 2. The fourth-order valence-electron chi connectivity index (χ4n) is 1.22. The second kappa shape index (κ2) is 6.44. The number of rotatable bonds is 4. The van der Waals surface area contributed by atoms with Crippen LogP contribution in [0.3, 0.4) is 0 Å². The van der Waals surface area contributed by atoms with Gasteiger partial charge >= 0.3 is 0 Å². The summed E-state index contributed by atoms with van der Waals surface area (Å²) in [5.74, 6) is 0. The van der Waals surface area contributed by atoms with Gasteiger partial charge in [0.25, 0.3) is 0 Å². The molecule has 1 rings (SSSR count). The van der Waals surface area contributed by atoms with Gasteiger partial charge in [-0.05, 0) is 39.3 Å². The van der Waals surface area contributed by atoms with Gasteiger partial charge in [-0.2, -0.15) is 0 Å².